The predicted octanol–water partition coefficient (Wildman–Crippen LogP) is 1.27. The molecular weight excluding hydrogens is 170 g/mol. The molecule has 0 aliphatic heterocycles. The Morgan fingerprint density at radius 2 is 2.23 bits per heavy atom. The van der Waals surface area contributed by atoms with Gasteiger partial charge in [0.25, 0.3) is 0 Å². The first kappa shape index (κ1) is 9.52. The van der Waals surface area contributed by atoms with Gasteiger partial charge in [-0.25, -0.2) is 0 Å². The monoisotopic (exact) mass is 181 g/mol. The molecule has 0 atom stereocenters. The van der Waals surface area contributed by atoms with Gasteiger partial charge in [0.2, 0.25) is 0 Å². The summed E-state index contributed by atoms with van der Waals surface area (Å²) in [6, 6.07) is 1.81. The smallest absolute Gasteiger partial charge is 0.418 e. The summed E-state index contributed by atoms with van der Waals surface area (Å²) < 4.78 is 9.59. The van der Waals surface area contributed by atoms with E-state index in [9.17, 15) is 0 Å². The lowest BCUT2D eigenvalue weighted by Crippen LogP contribution is -2.13. The van der Waals surface area contributed by atoms with E-state index in [0.29, 0.717) is 5.82 Å². The summed E-state index contributed by atoms with van der Waals surface area (Å²) in [4.78, 5) is 3.97. The molecule has 0 aliphatic carbocycles. The van der Waals surface area contributed by atoms with E-state index in [4.69, 9.17) is 14.5 Å². The van der Waals surface area contributed by atoms with Crippen molar-refractivity contribution < 1.29 is 9.26 Å². The Morgan fingerprint density at radius 1 is 1.54 bits per heavy atom. The number of nitrogens with zero attached hydrogens (tertiary/aromatic N) is 3. The molecule has 5 nitrogen and oxygen atoms in total. The van der Waals surface area contributed by atoms with Crippen molar-refractivity contribution in [2.24, 2.45) is 0 Å². The van der Waals surface area contributed by atoms with Crippen molar-refractivity contribution in [2.75, 3.05) is 6.61 Å². The minimum atomic E-state index is -0.169. The van der Waals surface area contributed by atoms with Crippen LogP contribution in [0.15, 0.2) is 4.52 Å². The topological polar surface area (TPSA) is 71.9 Å². The molecule has 1 aromatic heterocycles. The molecular formula is C8H11N3O2. The molecule has 1 heterocycles. The van der Waals surface area contributed by atoms with E-state index in [-0.39, 0.29) is 18.1 Å². The summed E-state index contributed by atoms with van der Waals surface area (Å²) >= 11 is 0. The van der Waals surface area contributed by atoms with Gasteiger partial charge < -0.3 is 4.74 Å². The molecule has 0 amide bonds. The second kappa shape index (κ2) is 3.44. The lowest BCUT2D eigenvalue weighted by atomic mass is 9.96. The second-order valence-corrected chi connectivity index (χ2v) is 3.58. The zero-order chi connectivity index (χ0) is 9.90. The molecule has 1 rings (SSSR count). The summed E-state index contributed by atoms with van der Waals surface area (Å²) in [6.45, 7) is 5.82. The van der Waals surface area contributed by atoms with Gasteiger partial charge in [-0.05, 0) is 0 Å². The summed E-state index contributed by atoms with van der Waals surface area (Å²) in [5.41, 5.74) is -0.169. The molecule has 0 saturated carbocycles. The number of aromatic nitrogens is 2. The van der Waals surface area contributed by atoms with Crippen LogP contribution in [0.1, 0.15) is 26.6 Å². The Balaban J connectivity index is 2.71. The van der Waals surface area contributed by atoms with Crippen LogP contribution < -0.4 is 4.74 Å². The number of hydrogen-bond acceptors (Lipinski definition) is 5. The molecule has 70 valence electrons. The van der Waals surface area contributed by atoms with Crippen LogP contribution >= 0.6 is 0 Å². The normalized spacial score (nSPS) is 10.9. The average Bonchev–Trinajstić information content (AvgIpc) is 2.47. The quantitative estimate of drug-likeness (QED) is 0.686. The van der Waals surface area contributed by atoms with Crippen LogP contribution in [0.4, 0.5) is 0 Å². The molecule has 0 radical (unpaired) electrons. The summed E-state index contributed by atoms with van der Waals surface area (Å²) in [5, 5.41) is 11.9. The first-order valence-corrected chi connectivity index (χ1v) is 3.88. The van der Waals surface area contributed by atoms with Crippen LogP contribution in [-0.2, 0) is 5.41 Å². The molecule has 0 spiro atoms. The molecule has 0 bridgehead atoms. The lowest BCUT2D eigenvalue weighted by molar-refractivity contribution is 0.228. The maximum atomic E-state index is 8.23. The SMILES string of the molecule is CC(C)(C)c1noc(OCC#N)n1. The Kier molecular flexibility index (Phi) is 2.52. The minimum Gasteiger partial charge on any atom is -0.433 e. The standard InChI is InChI=1S/C8H11N3O2/c1-8(2,3)6-10-7(13-11-6)12-5-4-9/h5H2,1-3H3. The van der Waals surface area contributed by atoms with Gasteiger partial charge in [-0.2, -0.15) is 10.2 Å². The average molecular weight is 181 g/mol. The van der Waals surface area contributed by atoms with Crippen molar-refractivity contribution in [3.63, 3.8) is 0 Å². The summed E-state index contributed by atoms with van der Waals surface area (Å²) in [6.07, 6.45) is 0.0477. The van der Waals surface area contributed by atoms with Crippen molar-refractivity contribution in [1.29, 1.82) is 5.26 Å². The highest BCUT2D eigenvalue weighted by Crippen LogP contribution is 2.20. The highest BCUT2D eigenvalue weighted by molar-refractivity contribution is 5.02. The molecule has 1 aromatic rings. The fraction of sp³-hybridized carbons (Fsp3) is 0.625. The van der Waals surface area contributed by atoms with Gasteiger partial charge in [-0.15, -0.1) is 0 Å². The van der Waals surface area contributed by atoms with E-state index in [1.807, 2.05) is 26.8 Å². The van der Waals surface area contributed by atoms with Gasteiger partial charge in [-0.3, -0.25) is 4.52 Å². The van der Waals surface area contributed by atoms with Crippen LogP contribution in [0.2, 0.25) is 0 Å². The predicted molar refractivity (Wildman–Crippen MR) is 44.1 cm³/mol. The molecule has 0 unspecified atom stereocenters. The number of nitriles is 1. The Hall–Kier alpha value is -1.57. The van der Waals surface area contributed by atoms with Gasteiger partial charge in [0.15, 0.2) is 12.4 Å². The van der Waals surface area contributed by atoms with Gasteiger partial charge in [-0.1, -0.05) is 25.9 Å². The van der Waals surface area contributed by atoms with E-state index < -0.39 is 0 Å². The Morgan fingerprint density at radius 3 is 2.69 bits per heavy atom. The lowest BCUT2D eigenvalue weighted by Gasteiger charge is -2.10. The van der Waals surface area contributed by atoms with E-state index in [1.165, 1.54) is 0 Å². The molecule has 0 N–H and O–H groups in total. The van der Waals surface area contributed by atoms with Crippen LogP contribution in [0.3, 0.4) is 0 Å². The Labute approximate surface area is 76.3 Å². The molecule has 13 heavy (non-hydrogen) atoms. The largest absolute Gasteiger partial charge is 0.433 e. The van der Waals surface area contributed by atoms with E-state index >= 15 is 0 Å². The maximum Gasteiger partial charge on any atom is 0.418 e. The molecule has 0 aliphatic rings. The fourth-order valence-corrected chi connectivity index (χ4v) is 0.667. The van der Waals surface area contributed by atoms with Crippen LogP contribution in [0, 0.1) is 11.3 Å². The second-order valence-electron chi connectivity index (χ2n) is 3.58. The van der Waals surface area contributed by atoms with Gasteiger partial charge in [0.05, 0.1) is 0 Å². The van der Waals surface area contributed by atoms with Gasteiger partial charge in [0, 0.05) is 5.41 Å². The molecule has 5 heteroatoms. The van der Waals surface area contributed by atoms with Gasteiger partial charge >= 0.3 is 6.08 Å². The number of hydrogen-bond donors (Lipinski definition) is 0. The molecule has 0 fully saturated rings. The van der Waals surface area contributed by atoms with Crippen molar-refractivity contribution in [3.8, 4) is 12.1 Å². The van der Waals surface area contributed by atoms with E-state index in [1.54, 1.807) is 0 Å². The van der Waals surface area contributed by atoms with E-state index in [2.05, 4.69) is 10.1 Å². The summed E-state index contributed by atoms with van der Waals surface area (Å²) in [7, 11) is 0. The summed E-state index contributed by atoms with van der Waals surface area (Å²) in [5.74, 6) is 0.570. The van der Waals surface area contributed by atoms with Crippen LogP contribution in [-0.4, -0.2) is 16.7 Å². The molecule has 0 aromatic carbocycles. The highest BCUT2D eigenvalue weighted by Gasteiger charge is 2.21. The number of ether oxygens (including phenoxy) is 1. The first-order chi connectivity index (χ1) is 6.04. The maximum absolute atomic E-state index is 8.23. The van der Waals surface area contributed by atoms with Crippen LogP contribution in [0.25, 0.3) is 0 Å². The van der Waals surface area contributed by atoms with Crippen molar-refractivity contribution in [3.05, 3.63) is 5.82 Å². The van der Waals surface area contributed by atoms with Crippen molar-refractivity contribution in [1.82, 2.24) is 10.1 Å². The fourth-order valence-electron chi connectivity index (χ4n) is 0.667. The minimum absolute atomic E-state index is 0.0477. The van der Waals surface area contributed by atoms with Crippen molar-refractivity contribution >= 4 is 0 Å². The third-order valence-electron chi connectivity index (χ3n) is 1.34. The zero-order valence-electron chi connectivity index (χ0n) is 7.87. The Bertz CT molecular complexity index is 319. The van der Waals surface area contributed by atoms with Crippen LogP contribution in [0.5, 0.6) is 6.08 Å². The molecule has 0 saturated heterocycles. The highest BCUT2D eigenvalue weighted by atomic mass is 16.6. The third kappa shape index (κ3) is 2.44. The first-order valence-electron chi connectivity index (χ1n) is 3.88. The zero-order valence-corrected chi connectivity index (χ0v) is 7.87. The third-order valence-corrected chi connectivity index (χ3v) is 1.34. The number of rotatable bonds is 2. The van der Waals surface area contributed by atoms with E-state index in [0.717, 1.165) is 0 Å². The van der Waals surface area contributed by atoms with Crippen molar-refractivity contribution in [2.45, 2.75) is 26.2 Å². The van der Waals surface area contributed by atoms with Gasteiger partial charge in [0.1, 0.15) is 6.07 Å².